The number of hydrogen-bond donors (Lipinski definition) is 3. The zero-order chi connectivity index (χ0) is 16.8. The number of nitrogens with one attached hydrogen (secondary N) is 3. The van der Waals surface area contributed by atoms with E-state index >= 15 is 0 Å². The van der Waals surface area contributed by atoms with Crippen molar-refractivity contribution < 1.29 is 14.4 Å². The lowest BCUT2D eigenvalue weighted by atomic mass is 10.0. The normalized spacial score (nSPS) is 14.7. The predicted octanol–water partition coefficient (Wildman–Crippen LogP) is 0.957. The maximum Gasteiger partial charge on any atom is 0.239 e. The van der Waals surface area contributed by atoms with Gasteiger partial charge in [-0.1, -0.05) is 29.8 Å². The van der Waals surface area contributed by atoms with Crippen molar-refractivity contribution in [3.05, 3.63) is 35.4 Å². The SMILES string of the molecule is CC(=O)N[C@H](CC(=O)NCC(=O)NC1CC1)c1ccc(C)cc1. The summed E-state index contributed by atoms with van der Waals surface area (Å²) in [5, 5.41) is 8.18. The van der Waals surface area contributed by atoms with Crippen molar-refractivity contribution in [3.63, 3.8) is 0 Å². The number of carbonyl (C=O) groups excluding carboxylic acids is 3. The van der Waals surface area contributed by atoms with Gasteiger partial charge in [0.1, 0.15) is 0 Å². The van der Waals surface area contributed by atoms with Crippen LogP contribution in [0.4, 0.5) is 0 Å². The molecule has 0 aliphatic heterocycles. The van der Waals surface area contributed by atoms with E-state index in [0.717, 1.165) is 24.0 Å². The molecule has 0 spiro atoms. The second kappa shape index (κ2) is 7.76. The molecule has 0 saturated heterocycles. The van der Waals surface area contributed by atoms with E-state index in [-0.39, 0.29) is 36.7 Å². The minimum atomic E-state index is -0.403. The highest BCUT2D eigenvalue weighted by atomic mass is 16.2. The van der Waals surface area contributed by atoms with Crippen LogP contribution in [0.5, 0.6) is 0 Å². The Hall–Kier alpha value is -2.37. The van der Waals surface area contributed by atoms with Gasteiger partial charge in [0.2, 0.25) is 17.7 Å². The summed E-state index contributed by atoms with van der Waals surface area (Å²) in [6.07, 6.45) is 2.12. The summed E-state index contributed by atoms with van der Waals surface area (Å²) < 4.78 is 0. The minimum Gasteiger partial charge on any atom is -0.352 e. The molecule has 1 aliphatic carbocycles. The van der Waals surface area contributed by atoms with Crippen LogP contribution in [0.1, 0.15) is 43.4 Å². The Morgan fingerprint density at radius 3 is 2.35 bits per heavy atom. The molecule has 1 aliphatic rings. The Bertz CT molecular complexity index is 579. The third kappa shape index (κ3) is 6.10. The van der Waals surface area contributed by atoms with Crippen molar-refractivity contribution in [1.29, 1.82) is 0 Å². The lowest BCUT2D eigenvalue weighted by Crippen LogP contribution is -2.39. The third-order valence-electron chi connectivity index (χ3n) is 3.64. The van der Waals surface area contributed by atoms with E-state index < -0.39 is 6.04 Å². The number of benzene rings is 1. The number of hydrogen-bond acceptors (Lipinski definition) is 3. The molecular formula is C17H23N3O3. The van der Waals surface area contributed by atoms with Gasteiger partial charge in [-0.3, -0.25) is 14.4 Å². The van der Waals surface area contributed by atoms with Gasteiger partial charge in [0, 0.05) is 13.0 Å². The molecule has 0 unspecified atom stereocenters. The molecule has 1 aromatic rings. The standard InChI is InChI=1S/C17H23N3O3/c1-11-3-5-13(6-4-11)15(19-12(2)21)9-16(22)18-10-17(23)20-14-7-8-14/h3-6,14-15H,7-10H2,1-2H3,(H,18,22)(H,19,21)(H,20,23)/t15-/m1/s1. The molecular weight excluding hydrogens is 294 g/mol. The van der Waals surface area contributed by atoms with Crippen LogP contribution in [0.25, 0.3) is 0 Å². The van der Waals surface area contributed by atoms with Gasteiger partial charge in [0.05, 0.1) is 19.0 Å². The van der Waals surface area contributed by atoms with Crippen molar-refractivity contribution >= 4 is 17.7 Å². The Balaban J connectivity index is 1.88. The van der Waals surface area contributed by atoms with Gasteiger partial charge in [0.15, 0.2) is 0 Å². The van der Waals surface area contributed by atoms with E-state index in [2.05, 4.69) is 16.0 Å². The summed E-state index contributed by atoms with van der Waals surface area (Å²) in [5.41, 5.74) is 1.97. The van der Waals surface area contributed by atoms with Gasteiger partial charge in [0.25, 0.3) is 0 Å². The maximum atomic E-state index is 12.0. The average molecular weight is 317 g/mol. The molecule has 6 heteroatoms. The predicted molar refractivity (Wildman–Crippen MR) is 86.5 cm³/mol. The molecule has 1 saturated carbocycles. The fourth-order valence-electron chi connectivity index (χ4n) is 2.24. The van der Waals surface area contributed by atoms with Crippen molar-refractivity contribution in [1.82, 2.24) is 16.0 Å². The molecule has 2 rings (SSSR count). The molecule has 1 fully saturated rings. The van der Waals surface area contributed by atoms with Crippen molar-refractivity contribution in [2.24, 2.45) is 0 Å². The quantitative estimate of drug-likeness (QED) is 0.700. The second-order valence-electron chi connectivity index (χ2n) is 5.99. The second-order valence-corrected chi connectivity index (χ2v) is 5.99. The Morgan fingerprint density at radius 2 is 1.78 bits per heavy atom. The highest BCUT2D eigenvalue weighted by Gasteiger charge is 2.23. The fourth-order valence-corrected chi connectivity index (χ4v) is 2.24. The molecule has 3 amide bonds. The van der Waals surface area contributed by atoms with Crippen LogP contribution in [0.15, 0.2) is 24.3 Å². The number of carbonyl (C=O) groups is 3. The molecule has 0 heterocycles. The summed E-state index contributed by atoms with van der Waals surface area (Å²) in [4.78, 5) is 35.0. The van der Waals surface area contributed by atoms with E-state index in [0.29, 0.717) is 0 Å². The lowest BCUT2D eigenvalue weighted by molar-refractivity contribution is -0.127. The van der Waals surface area contributed by atoms with E-state index in [1.54, 1.807) is 0 Å². The van der Waals surface area contributed by atoms with Crippen LogP contribution in [0.3, 0.4) is 0 Å². The maximum absolute atomic E-state index is 12.0. The van der Waals surface area contributed by atoms with Gasteiger partial charge < -0.3 is 16.0 Å². The molecule has 3 N–H and O–H groups in total. The third-order valence-corrected chi connectivity index (χ3v) is 3.64. The first-order chi connectivity index (χ1) is 10.9. The van der Waals surface area contributed by atoms with Crippen molar-refractivity contribution in [2.75, 3.05) is 6.54 Å². The molecule has 0 bridgehead atoms. The van der Waals surface area contributed by atoms with Crippen LogP contribution < -0.4 is 16.0 Å². The monoisotopic (exact) mass is 317 g/mol. The van der Waals surface area contributed by atoms with Crippen molar-refractivity contribution in [3.8, 4) is 0 Å². The molecule has 1 aromatic carbocycles. The summed E-state index contributed by atoms with van der Waals surface area (Å²) in [5.74, 6) is -0.641. The van der Waals surface area contributed by atoms with Crippen LogP contribution in [-0.4, -0.2) is 30.3 Å². The average Bonchev–Trinajstić information content (AvgIpc) is 3.29. The van der Waals surface area contributed by atoms with Gasteiger partial charge in [-0.2, -0.15) is 0 Å². The molecule has 0 radical (unpaired) electrons. The van der Waals surface area contributed by atoms with Gasteiger partial charge >= 0.3 is 0 Å². The summed E-state index contributed by atoms with van der Waals surface area (Å²) >= 11 is 0. The number of amides is 3. The Labute approximate surface area is 136 Å². The first-order valence-electron chi connectivity index (χ1n) is 7.84. The largest absolute Gasteiger partial charge is 0.352 e. The van der Waals surface area contributed by atoms with Crippen LogP contribution in [0, 0.1) is 6.92 Å². The lowest BCUT2D eigenvalue weighted by Gasteiger charge is -2.18. The Kier molecular flexibility index (Phi) is 5.73. The van der Waals surface area contributed by atoms with E-state index in [9.17, 15) is 14.4 Å². The summed E-state index contributed by atoms with van der Waals surface area (Å²) in [6, 6.07) is 7.53. The van der Waals surface area contributed by atoms with Gasteiger partial charge in [-0.25, -0.2) is 0 Å². The van der Waals surface area contributed by atoms with Crippen LogP contribution >= 0.6 is 0 Å². The summed E-state index contributed by atoms with van der Waals surface area (Å²) in [6.45, 7) is 3.36. The zero-order valence-corrected chi connectivity index (χ0v) is 13.5. The molecule has 0 aromatic heterocycles. The van der Waals surface area contributed by atoms with E-state index in [1.165, 1.54) is 6.92 Å². The summed E-state index contributed by atoms with van der Waals surface area (Å²) in [7, 11) is 0. The van der Waals surface area contributed by atoms with E-state index in [1.807, 2.05) is 31.2 Å². The van der Waals surface area contributed by atoms with Gasteiger partial charge in [-0.15, -0.1) is 0 Å². The Morgan fingerprint density at radius 1 is 1.13 bits per heavy atom. The van der Waals surface area contributed by atoms with Crippen LogP contribution in [-0.2, 0) is 14.4 Å². The number of aryl methyl sites for hydroxylation is 1. The molecule has 1 atom stereocenters. The highest BCUT2D eigenvalue weighted by molar-refractivity contribution is 5.85. The van der Waals surface area contributed by atoms with Gasteiger partial charge in [-0.05, 0) is 25.3 Å². The minimum absolute atomic E-state index is 0.0317. The van der Waals surface area contributed by atoms with Crippen LogP contribution in [0.2, 0.25) is 0 Å². The topological polar surface area (TPSA) is 87.3 Å². The van der Waals surface area contributed by atoms with E-state index in [4.69, 9.17) is 0 Å². The van der Waals surface area contributed by atoms with Crippen molar-refractivity contribution in [2.45, 2.75) is 45.2 Å². The fraction of sp³-hybridized carbons (Fsp3) is 0.471. The smallest absolute Gasteiger partial charge is 0.239 e. The first kappa shape index (κ1) is 17.0. The molecule has 124 valence electrons. The molecule has 23 heavy (non-hydrogen) atoms. The zero-order valence-electron chi connectivity index (χ0n) is 13.5. The first-order valence-corrected chi connectivity index (χ1v) is 7.84. The number of rotatable bonds is 7. The molecule has 6 nitrogen and oxygen atoms in total. The highest BCUT2D eigenvalue weighted by Crippen LogP contribution is 2.18.